The average Bonchev–Trinajstić information content (AvgIpc) is 2.46. The zero-order valence-electron chi connectivity index (χ0n) is 11.0. The molecule has 0 saturated heterocycles. The second-order valence-corrected chi connectivity index (χ2v) is 3.93. The Hall–Kier alpha value is -2.83. The number of nitrogens with zero attached hydrogens (tertiary/aromatic N) is 2. The summed E-state index contributed by atoms with van der Waals surface area (Å²) in [4.78, 5) is 14.6. The molecule has 20 heavy (non-hydrogen) atoms. The minimum atomic E-state index is -0.502. The second-order valence-electron chi connectivity index (χ2n) is 3.93. The monoisotopic (exact) mass is 275 g/mol. The van der Waals surface area contributed by atoms with Crippen LogP contribution in [-0.2, 0) is 0 Å². The minimum absolute atomic E-state index is 0.119. The molecule has 1 aromatic carbocycles. The molecule has 0 amide bonds. The van der Waals surface area contributed by atoms with Crippen molar-refractivity contribution < 1.29 is 14.4 Å². The first kappa shape index (κ1) is 13.6. The maximum atomic E-state index is 11.1. The minimum Gasteiger partial charge on any atom is -0.493 e. The summed E-state index contributed by atoms with van der Waals surface area (Å²) < 4.78 is 10.3. The fourth-order valence-electron chi connectivity index (χ4n) is 1.81. The van der Waals surface area contributed by atoms with Gasteiger partial charge >= 0.3 is 0 Å². The highest BCUT2D eigenvalue weighted by molar-refractivity contribution is 5.73. The van der Waals surface area contributed by atoms with Crippen LogP contribution in [0.1, 0.15) is 0 Å². The third-order valence-electron chi connectivity index (χ3n) is 2.75. The number of rotatable bonds is 4. The van der Waals surface area contributed by atoms with Gasteiger partial charge in [0.2, 0.25) is 0 Å². The van der Waals surface area contributed by atoms with Gasteiger partial charge in [-0.15, -0.1) is 0 Å². The Kier molecular flexibility index (Phi) is 3.69. The first-order valence-electron chi connectivity index (χ1n) is 5.70. The lowest BCUT2D eigenvalue weighted by Crippen LogP contribution is -1.99. The van der Waals surface area contributed by atoms with Crippen molar-refractivity contribution in [1.82, 2.24) is 4.98 Å². The molecule has 0 aliphatic heterocycles. The van der Waals surface area contributed by atoms with E-state index in [-0.39, 0.29) is 17.2 Å². The van der Waals surface area contributed by atoms with Gasteiger partial charge in [0.1, 0.15) is 5.82 Å². The summed E-state index contributed by atoms with van der Waals surface area (Å²) in [6.07, 6.45) is 0. The van der Waals surface area contributed by atoms with E-state index in [1.807, 2.05) is 0 Å². The molecule has 0 aliphatic carbocycles. The Morgan fingerprint density at radius 3 is 2.45 bits per heavy atom. The summed E-state index contributed by atoms with van der Waals surface area (Å²) in [5, 5.41) is 11.1. The van der Waals surface area contributed by atoms with E-state index < -0.39 is 4.92 Å². The summed E-state index contributed by atoms with van der Waals surface area (Å²) in [5.41, 5.74) is 6.20. The molecule has 0 bridgehead atoms. The number of nitro groups is 1. The lowest BCUT2D eigenvalue weighted by atomic mass is 10.1. The molecule has 1 heterocycles. The van der Waals surface area contributed by atoms with Gasteiger partial charge in [-0.1, -0.05) is 0 Å². The highest BCUT2D eigenvalue weighted by atomic mass is 16.6. The first-order chi connectivity index (χ1) is 9.56. The Bertz CT molecular complexity index is 658. The number of aromatic nitrogens is 1. The third-order valence-corrected chi connectivity index (χ3v) is 2.75. The summed E-state index contributed by atoms with van der Waals surface area (Å²) >= 11 is 0. The van der Waals surface area contributed by atoms with E-state index in [9.17, 15) is 10.1 Å². The zero-order chi connectivity index (χ0) is 14.7. The van der Waals surface area contributed by atoms with Crippen LogP contribution < -0.4 is 15.2 Å². The van der Waals surface area contributed by atoms with E-state index in [2.05, 4.69) is 4.98 Å². The zero-order valence-corrected chi connectivity index (χ0v) is 11.0. The molecule has 7 heteroatoms. The molecule has 0 atom stereocenters. The normalized spacial score (nSPS) is 10.1. The molecule has 0 radical (unpaired) electrons. The van der Waals surface area contributed by atoms with Crippen LogP contribution in [0.4, 0.5) is 11.5 Å². The van der Waals surface area contributed by atoms with Gasteiger partial charge in [0.05, 0.1) is 19.1 Å². The third kappa shape index (κ3) is 2.46. The number of benzene rings is 1. The smallest absolute Gasteiger partial charge is 0.295 e. The molecule has 104 valence electrons. The van der Waals surface area contributed by atoms with E-state index in [0.717, 1.165) is 0 Å². The van der Waals surface area contributed by atoms with Crippen LogP contribution in [0.3, 0.4) is 0 Å². The Morgan fingerprint density at radius 2 is 1.85 bits per heavy atom. The number of nitrogen functional groups attached to an aromatic ring is 1. The summed E-state index contributed by atoms with van der Waals surface area (Å²) in [7, 11) is 3.00. The molecule has 7 nitrogen and oxygen atoms in total. The van der Waals surface area contributed by atoms with Crippen molar-refractivity contribution >= 4 is 11.5 Å². The van der Waals surface area contributed by atoms with E-state index in [1.54, 1.807) is 18.2 Å². The first-order valence-corrected chi connectivity index (χ1v) is 5.70. The largest absolute Gasteiger partial charge is 0.493 e. The SMILES string of the molecule is COc1ccc(-c2nc(N)ccc2[N+](=O)[O-])cc1OC. The standard InChI is InChI=1S/C13H13N3O4/c1-19-10-5-3-8(7-11(10)20-2)13-9(16(17)18)4-6-12(14)15-13/h3-7H,1-2H3,(H2,14,15). The fraction of sp³-hybridized carbons (Fsp3) is 0.154. The summed E-state index contributed by atoms with van der Waals surface area (Å²) in [6.45, 7) is 0. The van der Waals surface area contributed by atoms with E-state index in [0.29, 0.717) is 17.1 Å². The van der Waals surface area contributed by atoms with Gasteiger partial charge in [0.15, 0.2) is 17.2 Å². The average molecular weight is 275 g/mol. The van der Waals surface area contributed by atoms with Crippen LogP contribution in [-0.4, -0.2) is 24.1 Å². The van der Waals surface area contributed by atoms with Crippen molar-refractivity contribution in [3.8, 4) is 22.8 Å². The molecular formula is C13H13N3O4. The molecule has 0 unspecified atom stereocenters. The van der Waals surface area contributed by atoms with Crippen molar-refractivity contribution in [1.29, 1.82) is 0 Å². The van der Waals surface area contributed by atoms with Crippen LogP contribution in [0.5, 0.6) is 11.5 Å². The molecule has 1 aromatic heterocycles. The molecule has 2 aromatic rings. The number of hydrogen-bond donors (Lipinski definition) is 1. The lowest BCUT2D eigenvalue weighted by Gasteiger charge is -2.09. The van der Waals surface area contributed by atoms with E-state index in [4.69, 9.17) is 15.2 Å². The number of hydrogen-bond acceptors (Lipinski definition) is 6. The number of nitrogens with two attached hydrogens (primary N) is 1. The fourth-order valence-corrected chi connectivity index (χ4v) is 1.81. The van der Waals surface area contributed by atoms with Crippen LogP contribution in [0, 0.1) is 10.1 Å². The van der Waals surface area contributed by atoms with Gasteiger partial charge < -0.3 is 15.2 Å². The van der Waals surface area contributed by atoms with Gasteiger partial charge in [-0.05, 0) is 24.3 Å². The molecule has 0 aliphatic rings. The molecule has 0 spiro atoms. The van der Waals surface area contributed by atoms with Crippen LogP contribution in [0.25, 0.3) is 11.3 Å². The van der Waals surface area contributed by atoms with Crippen LogP contribution >= 0.6 is 0 Å². The van der Waals surface area contributed by atoms with Gasteiger partial charge in [-0.25, -0.2) is 4.98 Å². The number of pyridine rings is 1. The number of anilines is 1. The maximum Gasteiger partial charge on any atom is 0.295 e. The van der Waals surface area contributed by atoms with Crippen LogP contribution in [0.15, 0.2) is 30.3 Å². The molecule has 0 fully saturated rings. The van der Waals surface area contributed by atoms with E-state index in [1.165, 1.54) is 26.4 Å². The lowest BCUT2D eigenvalue weighted by molar-refractivity contribution is -0.384. The van der Waals surface area contributed by atoms with Gasteiger partial charge in [0.25, 0.3) is 5.69 Å². The van der Waals surface area contributed by atoms with Gasteiger partial charge in [0, 0.05) is 11.6 Å². The van der Waals surface area contributed by atoms with Gasteiger partial charge in [-0.2, -0.15) is 0 Å². The Balaban J connectivity index is 2.61. The van der Waals surface area contributed by atoms with Crippen molar-refractivity contribution in [2.45, 2.75) is 0 Å². The maximum absolute atomic E-state index is 11.1. The molecule has 2 N–H and O–H groups in total. The summed E-state index contributed by atoms with van der Waals surface area (Å²) in [5.74, 6) is 1.20. The quantitative estimate of drug-likeness (QED) is 0.678. The van der Waals surface area contributed by atoms with Crippen molar-refractivity contribution in [3.05, 3.63) is 40.4 Å². The molecule has 0 saturated carbocycles. The predicted octanol–water partition coefficient (Wildman–Crippen LogP) is 2.26. The van der Waals surface area contributed by atoms with Gasteiger partial charge in [-0.3, -0.25) is 10.1 Å². The number of methoxy groups -OCH3 is 2. The van der Waals surface area contributed by atoms with Crippen molar-refractivity contribution in [2.75, 3.05) is 20.0 Å². The second kappa shape index (κ2) is 5.43. The topological polar surface area (TPSA) is 101 Å². The highest BCUT2D eigenvalue weighted by Gasteiger charge is 2.18. The Labute approximate surface area is 115 Å². The number of ether oxygens (including phenoxy) is 2. The highest BCUT2D eigenvalue weighted by Crippen LogP contribution is 2.35. The van der Waals surface area contributed by atoms with E-state index >= 15 is 0 Å². The molecular weight excluding hydrogens is 262 g/mol. The Morgan fingerprint density at radius 1 is 1.15 bits per heavy atom. The molecule has 2 rings (SSSR count). The van der Waals surface area contributed by atoms with Crippen molar-refractivity contribution in [2.24, 2.45) is 0 Å². The summed E-state index contributed by atoms with van der Waals surface area (Å²) in [6, 6.07) is 7.66. The van der Waals surface area contributed by atoms with Crippen LogP contribution in [0.2, 0.25) is 0 Å². The van der Waals surface area contributed by atoms with Crippen molar-refractivity contribution in [3.63, 3.8) is 0 Å². The predicted molar refractivity (Wildman–Crippen MR) is 73.8 cm³/mol.